The summed E-state index contributed by atoms with van der Waals surface area (Å²) in [4.78, 5) is 5.88. The zero-order chi connectivity index (χ0) is 17.4. The van der Waals surface area contributed by atoms with Crippen LogP contribution >= 0.6 is 0 Å². The van der Waals surface area contributed by atoms with Crippen molar-refractivity contribution in [2.45, 2.75) is 28.7 Å². The van der Waals surface area contributed by atoms with Crippen LogP contribution < -0.4 is 0 Å². The van der Waals surface area contributed by atoms with E-state index in [1.54, 1.807) is 30.3 Å². The van der Waals surface area contributed by atoms with E-state index in [1.807, 2.05) is 18.2 Å². The maximum atomic E-state index is 12.9. The molecule has 0 bridgehead atoms. The van der Waals surface area contributed by atoms with Crippen LogP contribution in [0.2, 0.25) is 0 Å². The monoisotopic (exact) mass is 354 g/mol. The zero-order valence-corrected chi connectivity index (χ0v) is 15.1. The molecule has 0 saturated carbocycles. The normalized spacial score (nSPS) is 17.2. The van der Waals surface area contributed by atoms with E-state index in [0.29, 0.717) is 10.8 Å². The number of rotatable bonds is 3. The first kappa shape index (κ1) is 16.4. The van der Waals surface area contributed by atoms with Crippen molar-refractivity contribution >= 4 is 20.7 Å². The highest BCUT2D eigenvalue weighted by Crippen LogP contribution is 2.34. The predicted molar refractivity (Wildman–Crippen MR) is 99.7 cm³/mol. The molecule has 4 rings (SSSR count). The first-order chi connectivity index (χ1) is 12.1. The molecule has 3 aromatic rings. The van der Waals surface area contributed by atoms with Crippen LogP contribution in [0.4, 0.5) is 0 Å². The molecule has 2 heterocycles. The van der Waals surface area contributed by atoms with Gasteiger partial charge in [0.2, 0.25) is 9.84 Å². The van der Waals surface area contributed by atoms with Crippen LogP contribution in [-0.4, -0.2) is 38.4 Å². The lowest BCUT2D eigenvalue weighted by atomic mass is 9.88. The van der Waals surface area contributed by atoms with Gasteiger partial charge in [-0.1, -0.05) is 36.4 Å². The zero-order valence-electron chi connectivity index (χ0n) is 14.3. The summed E-state index contributed by atoms with van der Waals surface area (Å²) in [7, 11) is -1.37. The summed E-state index contributed by atoms with van der Waals surface area (Å²) in [6.07, 6.45) is 2.21. The number of H-pyrrole nitrogens is 1. The highest BCUT2D eigenvalue weighted by atomic mass is 32.2. The van der Waals surface area contributed by atoms with Crippen molar-refractivity contribution in [3.63, 3.8) is 0 Å². The van der Waals surface area contributed by atoms with Gasteiger partial charge in [-0.2, -0.15) is 0 Å². The minimum atomic E-state index is -3.52. The topological polar surface area (TPSA) is 53.2 Å². The molecule has 130 valence electrons. The molecule has 5 heteroatoms. The van der Waals surface area contributed by atoms with Crippen LogP contribution in [0.5, 0.6) is 0 Å². The molecule has 0 radical (unpaired) electrons. The van der Waals surface area contributed by atoms with Crippen molar-refractivity contribution in [3.8, 4) is 0 Å². The standard InChI is InChI=1S/C20H22N2O2S/c1-22-12-10-15(11-13-22)18-9-5-6-16-14-19(21-20(16)18)25(23,24)17-7-3-2-4-8-17/h2-9,14-15,21H,10-13H2,1H3. The Hall–Kier alpha value is -2.11. The summed E-state index contributed by atoms with van der Waals surface area (Å²) in [6, 6.07) is 16.5. The van der Waals surface area contributed by atoms with Crippen LogP contribution in [-0.2, 0) is 9.84 Å². The fraction of sp³-hybridized carbons (Fsp3) is 0.300. The Kier molecular flexibility index (Phi) is 4.13. The minimum absolute atomic E-state index is 0.272. The maximum Gasteiger partial charge on any atom is 0.221 e. The van der Waals surface area contributed by atoms with Gasteiger partial charge in [0.15, 0.2) is 0 Å². The maximum absolute atomic E-state index is 12.9. The van der Waals surface area contributed by atoms with Gasteiger partial charge in [-0.3, -0.25) is 0 Å². The van der Waals surface area contributed by atoms with E-state index < -0.39 is 9.84 Å². The molecule has 1 aliphatic rings. The highest BCUT2D eigenvalue weighted by molar-refractivity contribution is 7.91. The van der Waals surface area contributed by atoms with Crippen molar-refractivity contribution < 1.29 is 8.42 Å². The number of nitrogens with zero attached hydrogens (tertiary/aromatic N) is 1. The Morgan fingerprint density at radius 2 is 1.72 bits per heavy atom. The average Bonchev–Trinajstić information content (AvgIpc) is 3.08. The van der Waals surface area contributed by atoms with Crippen molar-refractivity contribution in [1.82, 2.24) is 9.88 Å². The van der Waals surface area contributed by atoms with Crippen molar-refractivity contribution in [2.75, 3.05) is 20.1 Å². The lowest BCUT2D eigenvalue weighted by Gasteiger charge is -2.29. The van der Waals surface area contributed by atoms with Crippen LogP contribution in [0.25, 0.3) is 10.9 Å². The Morgan fingerprint density at radius 3 is 2.44 bits per heavy atom. The van der Waals surface area contributed by atoms with Gasteiger partial charge in [-0.05, 0) is 62.7 Å². The first-order valence-electron chi connectivity index (χ1n) is 8.66. The predicted octanol–water partition coefficient (Wildman–Crippen LogP) is 3.81. The number of aromatic amines is 1. The van der Waals surface area contributed by atoms with Gasteiger partial charge in [0, 0.05) is 10.9 Å². The van der Waals surface area contributed by atoms with Crippen LogP contribution in [0.3, 0.4) is 0 Å². The molecular weight excluding hydrogens is 332 g/mol. The fourth-order valence-electron chi connectivity index (χ4n) is 3.69. The number of nitrogens with one attached hydrogen (secondary N) is 1. The number of hydrogen-bond acceptors (Lipinski definition) is 3. The van der Waals surface area contributed by atoms with E-state index in [4.69, 9.17) is 0 Å². The molecule has 2 aromatic carbocycles. The summed E-state index contributed by atoms with van der Waals surface area (Å²) in [5.41, 5.74) is 2.20. The molecule has 1 saturated heterocycles. The van der Waals surface area contributed by atoms with Gasteiger partial charge >= 0.3 is 0 Å². The van der Waals surface area contributed by atoms with Crippen molar-refractivity contribution in [2.24, 2.45) is 0 Å². The molecular formula is C20H22N2O2S. The molecule has 0 aliphatic carbocycles. The third-order valence-corrected chi connectivity index (χ3v) is 6.86. The van der Waals surface area contributed by atoms with Crippen LogP contribution in [0, 0.1) is 0 Å². The number of fused-ring (bicyclic) bond motifs is 1. The molecule has 1 aliphatic heterocycles. The molecule has 0 spiro atoms. The minimum Gasteiger partial charge on any atom is -0.345 e. The smallest absolute Gasteiger partial charge is 0.221 e. The molecule has 0 unspecified atom stereocenters. The number of para-hydroxylation sites is 1. The Bertz CT molecular complexity index is 985. The molecule has 0 atom stereocenters. The average molecular weight is 354 g/mol. The number of piperidine rings is 1. The number of hydrogen-bond donors (Lipinski definition) is 1. The van der Waals surface area contributed by atoms with Crippen molar-refractivity contribution in [3.05, 3.63) is 60.2 Å². The van der Waals surface area contributed by atoms with Crippen molar-refractivity contribution in [1.29, 1.82) is 0 Å². The van der Waals surface area contributed by atoms with Gasteiger partial charge in [-0.15, -0.1) is 0 Å². The van der Waals surface area contributed by atoms with Gasteiger partial charge < -0.3 is 9.88 Å². The third-order valence-electron chi connectivity index (χ3n) is 5.17. The fourth-order valence-corrected chi connectivity index (χ4v) is 4.97. The van der Waals surface area contributed by atoms with E-state index in [9.17, 15) is 8.42 Å². The van der Waals surface area contributed by atoms with E-state index in [2.05, 4.69) is 23.0 Å². The van der Waals surface area contributed by atoms with E-state index in [0.717, 1.165) is 36.8 Å². The quantitative estimate of drug-likeness (QED) is 0.778. The number of aromatic nitrogens is 1. The summed E-state index contributed by atoms with van der Waals surface area (Å²) in [5, 5.41) is 1.24. The Morgan fingerprint density at radius 1 is 1.00 bits per heavy atom. The first-order valence-corrected chi connectivity index (χ1v) is 10.1. The number of likely N-dealkylation sites (tertiary alicyclic amines) is 1. The van der Waals surface area contributed by atoms with Gasteiger partial charge in [0.25, 0.3) is 0 Å². The summed E-state index contributed by atoms with van der Waals surface area (Å²) in [5.74, 6) is 0.478. The van der Waals surface area contributed by atoms with Gasteiger partial charge in [0.05, 0.1) is 4.90 Å². The highest BCUT2D eigenvalue weighted by Gasteiger charge is 2.24. The Balaban J connectivity index is 1.77. The van der Waals surface area contributed by atoms with Gasteiger partial charge in [-0.25, -0.2) is 8.42 Å². The summed E-state index contributed by atoms with van der Waals surface area (Å²) >= 11 is 0. The number of benzene rings is 2. The van der Waals surface area contributed by atoms with Gasteiger partial charge in [0.1, 0.15) is 5.03 Å². The molecule has 4 nitrogen and oxygen atoms in total. The van der Waals surface area contributed by atoms with E-state index >= 15 is 0 Å². The molecule has 0 amide bonds. The second-order valence-corrected chi connectivity index (χ2v) is 8.76. The molecule has 1 aromatic heterocycles. The largest absolute Gasteiger partial charge is 0.345 e. The summed E-state index contributed by atoms with van der Waals surface area (Å²) in [6.45, 7) is 2.16. The second-order valence-electron chi connectivity index (χ2n) is 6.84. The van der Waals surface area contributed by atoms with E-state index in [-0.39, 0.29) is 5.03 Å². The summed E-state index contributed by atoms with van der Waals surface area (Å²) < 4.78 is 25.8. The third kappa shape index (κ3) is 2.98. The molecule has 1 N–H and O–H groups in total. The molecule has 1 fully saturated rings. The second kappa shape index (κ2) is 6.32. The van der Waals surface area contributed by atoms with Crippen LogP contribution in [0.1, 0.15) is 24.3 Å². The van der Waals surface area contributed by atoms with E-state index in [1.165, 1.54) is 5.56 Å². The number of sulfone groups is 1. The Labute approximate surface area is 148 Å². The SMILES string of the molecule is CN1CCC(c2cccc3cc(S(=O)(=O)c4ccccc4)[nH]c23)CC1. The lowest BCUT2D eigenvalue weighted by Crippen LogP contribution is -2.29. The molecule has 25 heavy (non-hydrogen) atoms. The van der Waals surface area contributed by atoms with Crippen LogP contribution in [0.15, 0.2) is 64.5 Å². The lowest BCUT2D eigenvalue weighted by molar-refractivity contribution is 0.256.